The van der Waals surface area contributed by atoms with Gasteiger partial charge < -0.3 is 4.74 Å². The Morgan fingerprint density at radius 1 is 1.38 bits per heavy atom. The van der Waals surface area contributed by atoms with Gasteiger partial charge in [-0.15, -0.1) is 0 Å². The summed E-state index contributed by atoms with van der Waals surface area (Å²) in [5.74, 6) is -0.381. The molecule has 84 valence electrons. The van der Waals surface area contributed by atoms with Gasteiger partial charge in [-0.1, -0.05) is 17.7 Å². The van der Waals surface area contributed by atoms with Gasteiger partial charge in [-0.2, -0.15) is 5.26 Å². The van der Waals surface area contributed by atoms with Crippen molar-refractivity contribution in [3.05, 3.63) is 34.6 Å². The Morgan fingerprint density at radius 3 is 2.62 bits per heavy atom. The standard InChI is InChI=1S/C12H11ClFNO/c13-11-7-9(14)1-2-10(11)12(8-15)3-5-16-6-4-12/h1-2,7H,3-6H2. The molecular weight excluding hydrogens is 229 g/mol. The van der Waals surface area contributed by atoms with E-state index >= 15 is 0 Å². The third-order valence-electron chi connectivity index (χ3n) is 3.01. The van der Waals surface area contributed by atoms with Crippen LogP contribution in [0.2, 0.25) is 5.02 Å². The zero-order valence-electron chi connectivity index (χ0n) is 8.67. The fraction of sp³-hybridized carbons (Fsp3) is 0.417. The van der Waals surface area contributed by atoms with Crippen molar-refractivity contribution in [2.45, 2.75) is 18.3 Å². The summed E-state index contributed by atoms with van der Waals surface area (Å²) in [5.41, 5.74) is 0.0876. The fourth-order valence-corrected chi connectivity index (χ4v) is 2.39. The van der Waals surface area contributed by atoms with Gasteiger partial charge >= 0.3 is 0 Å². The number of nitrogens with zero attached hydrogens (tertiary/aromatic N) is 1. The lowest BCUT2D eigenvalue weighted by Crippen LogP contribution is -2.32. The smallest absolute Gasteiger partial charge is 0.124 e. The summed E-state index contributed by atoms with van der Waals surface area (Å²) in [6.45, 7) is 1.09. The lowest BCUT2D eigenvalue weighted by Gasteiger charge is -2.31. The molecule has 0 atom stereocenters. The van der Waals surface area contributed by atoms with Crippen LogP contribution < -0.4 is 0 Å². The Morgan fingerprint density at radius 2 is 2.06 bits per heavy atom. The van der Waals surface area contributed by atoms with Gasteiger partial charge in [0.1, 0.15) is 5.82 Å². The molecule has 2 rings (SSSR count). The Hall–Kier alpha value is -1.11. The van der Waals surface area contributed by atoms with Gasteiger partial charge in [0.2, 0.25) is 0 Å². The predicted octanol–water partition coefficient (Wildman–Crippen LogP) is 3.05. The van der Waals surface area contributed by atoms with Gasteiger partial charge in [0.25, 0.3) is 0 Å². The molecule has 1 aromatic rings. The number of nitriles is 1. The Balaban J connectivity index is 2.44. The van der Waals surface area contributed by atoms with E-state index in [0.29, 0.717) is 36.6 Å². The molecule has 0 spiro atoms. The SMILES string of the molecule is N#CC1(c2ccc(F)cc2Cl)CCOCC1. The van der Waals surface area contributed by atoms with E-state index in [1.807, 2.05) is 0 Å². The molecule has 0 aromatic heterocycles. The Bertz CT molecular complexity index is 435. The first-order valence-corrected chi connectivity index (χ1v) is 5.50. The van der Waals surface area contributed by atoms with Crippen molar-refractivity contribution in [2.75, 3.05) is 13.2 Å². The average Bonchev–Trinajstić information content (AvgIpc) is 2.30. The topological polar surface area (TPSA) is 33.0 Å². The number of halogens is 2. The van der Waals surface area contributed by atoms with Crippen molar-refractivity contribution in [2.24, 2.45) is 0 Å². The quantitative estimate of drug-likeness (QED) is 0.755. The predicted molar refractivity (Wildman–Crippen MR) is 58.8 cm³/mol. The molecule has 1 aliphatic heterocycles. The van der Waals surface area contributed by atoms with E-state index in [2.05, 4.69) is 6.07 Å². The summed E-state index contributed by atoms with van der Waals surface area (Å²) in [6.07, 6.45) is 1.21. The number of benzene rings is 1. The molecule has 1 saturated heterocycles. The van der Waals surface area contributed by atoms with E-state index < -0.39 is 5.41 Å². The molecule has 1 fully saturated rings. The highest BCUT2D eigenvalue weighted by atomic mass is 35.5. The second-order valence-corrected chi connectivity index (χ2v) is 4.34. The summed E-state index contributed by atoms with van der Waals surface area (Å²) >= 11 is 6.00. The molecular formula is C12H11ClFNO. The number of rotatable bonds is 1. The first-order chi connectivity index (χ1) is 7.68. The van der Waals surface area contributed by atoms with Crippen LogP contribution >= 0.6 is 11.6 Å². The first-order valence-electron chi connectivity index (χ1n) is 5.12. The van der Waals surface area contributed by atoms with Crippen LogP contribution in [0.25, 0.3) is 0 Å². The molecule has 0 bridgehead atoms. The normalized spacial score (nSPS) is 19.1. The first kappa shape index (κ1) is 11.4. The molecule has 0 unspecified atom stereocenters. The van der Waals surface area contributed by atoms with E-state index in [9.17, 15) is 9.65 Å². The summed E-state index contributed by atoms with van der Waals surface area (Å²) in [4.78, 5) is 0. The lowest BCUT2D eigenvalue weighted by molar-refractivity contribution is 0.0675. The summed E-state index contributed by atoms with van der Waals surface area (Å²) in [6, 6.07) is 6.51. The number of ether oxygens (including phenoxy) is 1. The van der Waals surface area contributed by atoms with Gasteiger partial charge in [-0.25, -0.2) is 4.39 Å². The minimum Gasteiger partial charge on any atom is -0.381 e. The molecule has 2 nitrogen and oxygen atoms in total. The van der Waals surface area contributed by atoms with Gasteiger partial charge in [0, 0.05) is 18.2 Å². The van der Waals surface area contributed by atoms with Crippen molar-refractivity contribution in [3.63, 3.8) is 0 Å². The maximum Gasteiger partial charge on any atom is 0.124 e. The molecule has 1 aliphatic rings. The fourth-order valence-electron chi connectivity index (χ4n) is 2.04. The highest BCUT2D eigenvalue weighted by molar-refractivity contribution is 6.31. The van der Waals surface area contributed by atoms with Crippen molar-refractivity contribution in [1.29, 1.82) is 5.26 Å². The maximum atomic E-state index is 13.0. The van der Waals surface area contributed by atoms with Gasteiger partial charge in [0.15, 0.2) is 0 Å². The van der Waals surface area contributed by atoms with Crippen LogP contribution in [0.1, 0.15) is 18.4 Å². The van der Waals surface area contributed by atoms with Crippen LogP contribution in [0, 0.1) is 17.1 Å². The molecule has 1 aromatic carbocycles. The second kappa shape index (κ2) is 4.40. The molecule has 1 heterocycles. The molecule has 0 radical (unpaired) electrons. The minimum atomic E-state index is -0.622. The molecule has 0 N–H and O–H groups in total. The zero-order valence-corrected chi connectivity index (χ0v) is 9.43. The van der Waals surface area contributed by atoms with Gasteiger partial charge in [0.05, 0.1) is 11.5 Å². The summed E-state index contributed by atoms with van der Waals surface area (Å²) < 4.78 is 18.2. The van der Waals surface area contributed by atoms with Crippen LogP contribution in [0.5, 0.6) is 0 Å². The van der Waals surface area contributed by atoms with Crippen LogP contribution in [0.3, 0.4) is 0 Å². The summed E-state index contributed by atoms with van der Waals surface area (Å²) in [7, 11) is 0. The Kier molecular flexibility index (Phi) is 3.13. The average molecular weight is 240 g/mol. The largest absolute Gasteiger partial charge is 0.381 e. The highest BCUT2D eigenvalue weighted by Gasteiger charge is 2.36. The van der Waals surface area contributed by atoms with E-state index in [1.165, 1.54) is 12.1 Å². The molecule has 16 heavy (non-hydrogen) atoms. The molecule has 0 saturated carbocycles. The molecule has 0 aliphatic carbocycles. The van der Waals surface area contributed by atoms with E-state index in [0.717, 1.165) is 0 Å². The number of hydrogen-bond donors (Lipinski definition) is 0. The van der Waals surface area contributed by atoms with Crippen molar-refractivity contribution >= 4 is 11.6 Å². The van der Waals surface area contributed by atoms with Crippen LogP contribution in [-0.2, 0) is 10.2 Å². The zero-order chi connectivity index (χ0) is 11.6. The number of hydrogen-bond acceptors (Lipinski definition) is 2. The van der Waals surface area contributed by atoms with Crippen LogP contribution in [0.4, 0.5) is 4.39 Å². The van der Waals surface area contributed by atoms with E-state index in [1.54, 1.807) is 6.07 Å². The van der Waals surface area contributed by atoms with Crippen molar-refractivity contribution in [1.82, 2.24) is 0 Å². The third kappa shape index (κ3) is 1.91. The lowest BCUT2D eigenvalue weighted by atomic mass is 9.75. The monoisotopic (exact) mass is 239 g/mol. The van der Waals surface area contributed by atoms with Crippen LogP contribution in [0.15, 0.2) is 18.2 Å². The van der Waals surface area contributed by atoms with E-state index in [-0.39, 0.29) is 5.82 Å². The highest BCUT2D eigenvalue weighted by Crippen LogP contribution is 2.38. The summed E-state index contributed by atoms with van der Waals surface area (Å²) in [5, 5.41) is 9.65. The molecule has 4 heteroatoms. The van der Waals surface area contributed by atoms with Crippen molar-refractivity contribution < 1.29 is 9.13 Å². The van der Waals surface area contributed by atoms with Gasteiger partial charge in [-0.05, 0) is 30.5 Å². The minimum absolute atomic E-state index is 0.323. The second-order valence-electron chi connectivity index (χ2n) is 3.93. The Labute approximate surface area is 98.6 Å². The maximum absolute atomic E-state index is 13.0. The van der Waals surface area contributed by atoms with Crippen molar-refractivity contribution in [3.8, 4) is 6.07 Å². The molecule has 0 amide bonds. The van der Waals surface area contributed by atoms with E-state index in [4.69, 9.17) is 16.3 Å². The van der Waals surface area contributed by atoms with Gasteiger partial charge in [-0.3, -0.25) is 0 Å². The van der Waals surface area contributed by atoms with Crippen LogP contribution in [-0.4, -0.2) is 13.2 Å². The third-order valence-corrected chi connectivity index (χ3v) is 3.32.